The minimum Gasteiger partial charge on any atom is -0.494 e. The lowest BCUT2D eigenvalue weighted by Crippen LogP contribution is -2.11. The molecule has 0 bridgehead atoms. The molecule has 170 valence electrons. The number of halogens is 1. The number of anilines is 2. The van der Waals surface area contributed by atoms with Gasteiger partial charge >= 0.3 is 0 Å². The second kappa shape index (κ2) is 10.7. The summed E-state index contributed by atoms with van der Waals surface area (Å²) in [7, 11) is 1.10. The maximum absolute atomic E-state index is 14.5. The number of nitriles is 1. The number of likely N-dealkylation sites (N-methyl/N-ethyl adjacent to an activating group) is 1. The van der Waals surface area contributed by atoms with Crippen molar-refractivity contribution in [3.05, 3.63) is 71.0 Å². The fourth-order valence-corrected chi connectivity index (χ4v) is 2.67. The minimum absolute atomic E-state index is 0.377. The summed E-state index contributed by atoms with van der Waals surface area (Å²) in [6, 6.07) is -4.49. The third kappa shape index (κ3) is 5.93. The summed E-state index contributed by atoms with van der Waals surface area (Å²) in [6.45, 7) is -9.31. The number of nitrogens with zero attached hydrogens (tertiary/aromatic N) is 3. The van der Waals surface area contributed by atoms with Crippen LogP contribution >= 0.6 is 0 Å². The van der Waals surface area contributed by atoms with Gasteiger partial charge in [0, 0.05) is 50.0 Å². The molecule has 0 atom stereocenters. The first-order chi connectivity index (χ1) is 22.3. The van der Waals surface area contributed by atoms with Gasteiger partial charge in [-0.2, -0.15) is 5.26 Å². The smallest absolute Gasteiger partial charge is 0.159 e. The Labute approximate surface area is 215 Å². The van der Waals surface area contributed by atoms with E-state index in [4.69, 9.17) is 26.7 Å². The zero-order valence-electron chi connectivity index (χ0n) is 33.5. The number of carbonyl (C=O) groups excluding carboxylic acids is 1. The van der Waals surface area contributed by atoms with Crippen molar-refractivity contribution in [2.45, 2.75) is 20.2 Å². The Morgan fingerprint density at radius 1 is 1.48 bits per heavy atom. The Hall–Kier alpha value is -3.76. The Kier molecular flexibility index (Phi) is 3.39. The zero-order chi connectivity index (χ0) is 37.7. The van der Waals surface area contributed by atoms with Gasteiger partial charge < -0.3 is 15.0 Å². The first-order valence-corrected chi connectivity index (χ1v) is 9.27. The second-order valence-electron chi connectivity index (χ2n) is 6.64. The van der Waals surface area contributed by atoms with Gasteiger partial charge in [0.25, 0.3) is 0 Å². The molecule has 33 heavy (non-hydrogen) atoms. The van der Waals surface area contributed by atoms with Crippen molar-refractivity contribution >= 4 is 28.1 Å². The summed E-state index contributed by atoms with van der Waals surface area (Å²) in [4.78, 5) is 17.8. The zero-order valence-corrected chi connectivity index (χ0v) is 17.5. The van der Waals surface area contributed by atoms with Crippen molar-refractivity contribution in [2.24, 2.45) is 0 Å². The molecule has 1 heterocycles. The molecule has 7 heteroatoms. The summed E-state index contributed by atoms with van der Waals surface area (Å²) in [5, 5.41) is 11.9. The van der Waals surface area contributed by atoms with Gasteiger partial charge in [0.05, 0.1) is 37.0 Å². The summed E-state index contributed by atoms with van der Waals surface area (Å²) in [6.07, 6.45) is -1.98. The number of aromatic nitrogens is 1. The number of hydrogen-bond acceptors (Lipinski definition) is 6. The Balaban J connectivity index is 2.45. The fourth-order valence-electron chi connectivity index (χ4n) is 2.67. The molecule has 1 aromatic heterocycles. The number of rotatable bonds is 9. The lowest BCUT2D eigenvalue weighted by molar-refractivity contribution is -0.114. The van der Waals surface area contributed by atoms with Gasteiger partial charge in [0.1, 0.15) is 17.6 Å². The van der Waals surface area contributed by atoms with Crippen LogP contribution in [0.5, 0.6) is 5.75 Å². The number of ether oxygens (including phenoxy) is 1. The van der Waals surface area contributed by atoms with Crippen LogP contribution in [0.3, 0.4) is 0 Å². The van der Waals surface area contributed by atoms with Crippen LogP contribution in [0.25, 0.3) is 10.9 Å². The van der Waals surface area contributed by atoms with E-state index in [1.165, 1.54) is 0 Å². The Bertz CT molecular complexity index is 1910. The molecule has 0 saturated heterocycles. The summed E-state index contributed by atoms with van der Waals surface area (Å²) in [5.41, 5.74) is -3.55. The topological polar surface area (TPSA) is 78.2 Å². The molecule has 0 fully saturated rings. The van der Waals surface area contributed by atoms with Crippen molar-refractivity contribution in [2.75, 3.05) is 32.4 Å². The molecule has 6 nitrogen and oxygen atoms in total. The van der Waals surface area contributed by atoms with Gasteiger partial charge in [-0.05, 0) is 63.6 Å². The lowest BCUT2D eigenvalue weighted by atomic mass is 10.0. The van der Waals surface area contributed by atoms with Crippen LogP contribution in [0.1, 0.15) is 45.5 Å². The van der Waals surface area contributed by atoms with Crippen LogP contribution < -0.4 is 10.1 Å². The molecule has 0 saturated carbocycles. The molecule has 0 spiro atoms. The van der Waals surface area contributed by atoms with Crippen LogP contribution in [0.2, 0.25) is 0 Å². The average molecular weight is 463 g/mol. The number of allylic oxidation sites excluding steroid dienone is 1. The molecule has 2 aromatic carbocycles. The monoisotopic (exact) mass is 462 g/mol. The maximum atomic E-state index is 14.5. The number of carbonyl (C=O) groups is 1. The van der Waals surface area contributed by atoms with E-state index in [1.807, 2.05) is 0 Å². The van der Waals surface area contributed by atoms with Gasteiger partial charge in [-0.25, -0.2) is 4.39 Å². The molecule has 1 N–H and O–H groups in total. The van der Waals surface area contributed by atoms with Crippen molar-refractivity contribution < 1.29 is 35.9 Å². The van der Waals surface area contributed by atoms with Crippen LogP contribution in [0, 0.1) is 24.1 Å². The summed E-state index contributed by atoms with van der Waals surface area (Å²) >= 11 is 0. The van der Waals surface area contributed by atoms with Crippen LogP contribution in [0.15, 0.2) is 48.5 Å². The van der Waals surface area contributed by atoms with E-state index in [9.17, 15) is 14.4 Å². The lowest BCUT2D eigenvalue weighted by Gasteiger charge is -2.15. The molecule has 0 aliphatic heterocycles. The molecular formula is C26H27FN4O2. The van der Waals surface area contributed by atoms with E-state index in [2.05, 4.69) is 10.3 Å². The molecule has 0 amide bonds. The molecule has 0 unspecified atom stereocenters. The highest BCUT2D eigenvalue weighted by Crippen LogP contribution is 2.34. The Morgan fingerprint density at radius 3 is 3.09 bits per heavy atom. The van der Waals surface area contributed by atoms with E-state index in [-0.39, 0.29) is 5.56 Å². The normalized spacial score (nSPS) is 20.0. The highest BCUT2D eigenvalue weighted by molar-refractivity contribution is 5.98. The number of hydrogen-bond donors (Lipinski definition) is 1. The van der Waals surface area contributed by atoms with Crippen LogP contribution in [0.4, 0.5) is 15.8 Å². The molecule has 3 aromatic rings. The van der Waals surface area contributed by atoms with Gasteiger partial charge in [0.2, 0.25) is 0 Å². The van der Waals surface area contributed by atoms with E-state index in [1.54, 1.807) is 6.07 Å². The Morgan fingerprint density at radius 2 is 2.33 bits per heavy atom. The van der Waals surface area contributed by atoms with Crippen molar-refractivity contribution in [3.63, 3.8) is 0 Å². The van der Waals surface area contributed by atoms with E-state index < -0.39 is 133 Å². The van der Waals surface area contributed by atoms with Gasteiger partial charge in [-0.15, -0.1) is 0 Å². The number of ketones is 1. The first-order valence-electron chi connectivity index (χ1n) is 17.3. The highest BCUT2D eigenvalue weighted by atomic mass is 19.1. The standard InChI is InChI=1S/C26H27FN4O2/c1-5-33-25-14-24-22(13-18(25)12-21(32)7-6-10-31(3)4)26(19(15-28)16-29-24)30-20-8-9-23(27)17(2)11-20/h6-9,11,13-14,16H,5,10,12H2,1-4H3,(H,29,30)/b7-6+/i1D3,3D3,5D2,6D,7D,8D,9D,11D,13D,14D,16D. The molecule has 0 radical (unpaired) electrons. The van der Waals surface area contributed by atoms with Gasteiger partial charge in [0.15, 0.2) is 5.78 Å². The SMILES string of the molecule is [2H]/C(CN(C)C([2H])([2H])[2H])=C(/[2H])C(=O)Cc1c(OC([2H])([2H])C([2H])([2H])[2H])c([2H])c2nc([2H])c(C#N)c(Nc3c([2H])c([2H])c(F)c(C)c3[2H])c2c1[2H]. The first kappa shape index (κ1) is 10.4. The second-order valence-corrected chi connectivity index (χ2v) is 6.64. The van der Waals surface area contributed by atoms with Crippen LogP contribution in [-0.2, 0) is 11.2 Å². The third-order valence-electron chi connectivity index (χ3n) is 4.13. The predicted molar refractivity (Wildman–Crippen MR) is 128 cm³/mol. The molecular weight excluding hydrogens is 419 g/mol. The van der Waals surface area contributed by atoms with Gasteiger partial charge in [-0.3, -0.25) is 9.78 Å². The third-order valence-corrected chi connectivity index (χ3v) is 4.13. The number of pyridine rings is 1. The molecule has 0 aliphatic carbocycles. The fraction of sp³-hybridized carbons (Fsp3) is 0.269. The quantitative estimate of drug-likeness (QED) is 0.455. The van der Waals surface area contributed by atoms with E-state index in [0.717, 1.165) is 14.0 Å². The maximum Gasteiger partial charge on any atom is 0.159 e. The average Bonchev–Trinajstić information content (AvgIpc) is 2.99. The van der Waals surface area contributed by atoms with E-state index >= 15 is 0 Å². The molecule has 0 aliphatic rings. The van der Waals surface area contributed by atoms with E-state index in [0.29, 0.717) is 4.90 Å². The van der Waals surface area contributed by atoms with Crippen molar-refractivity contribution in [1.29, 1.82) is 5.26 Å². The van der Waals surface area contributed by atoms with Crippen LogP contribution in [-0.4, -0.2) is 42.8 Å². The molecule has 3 rings (SSSR count). The highest BCUT2D eigenvalue weighted by Gasteiger charge is 2.16. The summed E-state index contributed by atoms with van der Waals surface area (Å²) < 4.78 is 147. The van der Waals surface area contributed by atoms with Gasteiger partial charge in [-0.1, -0.05) is 6.05 Å². The van der Waals surface area contributed by atoms with Crippen molar-refractivity contribution in [3.8, 4) is 11.8 Å². The summed E-state index contributed by atoms with van der Waals surface area (Å²) in [5.74, 6) is -3.48. The minimum atomic E-state index is -3.56. The predicted octanol–water partition coefficient (Wildman–Crippen LogP) is 4.93. The number of fused-ring (bicyclic) bond motifs is 1. The number of nitrogens with one attached hydrogen (secondary N) is 1. The number of benzene rings is 2. The largest absolute Gasteiger partial charge is 0.494 e. The van der Waals surface area contributed by atoms with Crippen molar-refractivity contribution in [1.82, 2.24) is 9.88 Å².